The third-order valence-electron chi connectivity index (χ3n) is 3.16. The maximum Gasteiger partial charge on any atom is 0.234 e. The lowest BCUT2D eigenvalue weighted by Crippen LogP contribution is -2.15. The number of benzene rings is 1. The van der Waals surface area contributed by atoms with Crippen molar-refractivity contribution in [2.75, 3.05) is 16.8 Å². The fraction of sp³-hybridized carbons (Fsp3) is 0.400. The molecule has 1 aromatic carbocycles. The number of nitrogens with one attached hydrogen (secondary N) is 1. The van der Waals surface area contributed by atoms with Crippen LogP contribution < -0.4 is 5.32 Å². The zero-order valence-corrected chi connectivity index (χ0v) is 15.7. The van der Waals surface area contributed by atoms with Crippen molar-refractivity contribution in [3.63, 3.8) is 0 Å². The highest BCUT2D eigenvalue weighted by atomic mass is 35.5. The molecule has 0 fully saturated rings. The van der Waals surface area contributed by atoms with Gasteiger partial charge in [-0.2, -0.15) is 11.8 Å². The summed E-state index contributed by atoms with van der Waals surface area (Å²) in [5.41, 5.74) is 1.71. The summed E-state index contributed by atoms with van der Waals surface area (Å²) < 4.78 is 1.94. The highest BCUT2D eigenvalue weighted by molar-refractivity contribution is 7.99. The van der Waals surface area contributed by atoms with Crippen LogP contribution in [0.15, 0.2) is 23.4 Å². The smallest absolute Gasteiger partial charge is 0.234 e. The molecule has 2 rings (SSSR count). The monoisotopic (exact) mass is 370 g/mol. The number of thioether (sulfide) groups is 2. The molecule has 1 heterocycles. The highest BCUT2D eigenvalue weighted by Crippen LogP contribution is 2.21. The minimum absolute atomic E-state index is 0.0760. The van der Waals surface area contributed by atoms with E-state index in [1.807, 2.05) is 30.7 Å². The fourth-order valence-corrected chi connectivity index (χ4v) is 3.47. The number of aromatic nitrogens is 3. The van der Waals surface area contributed by atoms with Gasteiger partial charge >= 0.3 is 0 Å². The normalized spacial score (nSPS) is 10.8. The van der Waals surface area contributed by atoms with Crippen LogP contribution in [0.5, 0.6) is 0 Å². The maximum absolute atomic E-state index is 12.1. The quantitative estimate of drug-likeness (QED) is 0.752. The largest absolute Gasteiger partial charge is 0.325 e. The van der Waals surface area contributed by atoms with E-state index in [0.717, 1.165) is 33.7 Å². The molecule has 1 N–H and O–H groups in total. The molecule has 1 amide bonds. The van der Waals surface area contributed by atoms with E-state index < -0.39 is 0 Å². The van der Waals surface area contributed by atoms with E-state index in [1.165, 1.54) is 11.8 Å². The van der Waals surface area contributed by atoms with Gasteiger partial charge in [0.25, 0.3) is 0 Å². The van der Waals surface area contributed by atoms with Crippen LogP contribution in [-0.4, -0.2) is 32.2 Å². The number of hydrogen-bond acceptors (Lipinski definition) is 5. The van der Waals surface area contributed by atoms with Crippen LogP contribution >= 0.6 is 35.1 Å². The number of hydrogen-bond donors (Lipinski definition) is 1. The molecule has 0 saturated heterocycles. The highest BCUT2D eigenvalue weighted by Gasteiger charge is 2.12. The van der Waals surface area contributed by atoms with Crippen molar-refractivity contribution >= 4 is 46.7 Å². The molecule has 5 nitrogen and oxygen atoms in total. The summed E-state index contributed by atoms with van der Waals surface area (Å²) >= 11 is 9.09. The summed E-state index contributed by atoms with van der Waals surface area (Å²) in [5, 5.41) is 12.6. The van der Waals surface area contributed by atoms with Gasteiger partial charge in [0, 0.05) is 17.8 Å². The van der Waals surface area contributed by atoms with Gasteiger partial charge in [0.1, 0.15) is 5.82 Å². The molecule has 0 aliphatic carbocycles. The number of halogens is 1. The van der Waals surface area contributed by atoms with E-state index in [2.05, 4.69) is 22.4 Å². The Labute approximate surface area is 149 Å². The lowest BCUT2D eigenvalue weighted by atomic mass is 10.2. The second-order valence-electron chi connectivity index (χ2n) is 4.89. The maximum atomic E-state index is 12.1. The zero-order chi connectivity index (χ0) is 16.8. The molecule has 1 aromatic heterocycles. The number of nitrogens with zero attached hydrogens (tertiary/aromatic N) is 3. The standard InChI is InChI=1S/C15H19ClN4OS2/c1-4-22-8-13-18-19-15(20(13)3)23-9-14(21)17-12-6-5-11(16)7-10(12)2/h5-7H,4,8-9H2,1-3H3,(H,17,21). The Bertz CT molecular complexity index is 690. The van der Waals surface area contributed by atoms with Crippen molar-refractivity contribution in [1.29, 1.82) is 0 Å². The number of anilines is 1. The number of carbonyl (C=O) groups excluding carboxylic acids is 1. The molecule has 8 heteroatoms. The molecule has 0 unspecified atom stereocenters. The summed E-state index contributed by atoms with van der Waals surface area (Å²) in [6.07, 6.45) is 0. The third-order valence-corrected chi connectivity index (χ3v) is 5.28. The third kappa shape index (κ3) is 5.16. The number of carbonyl (C=O) groups is 1. The summed E-state index contributed by atoms with van der Waals surface area (Å²) in [7, 11) is 1.93. The number of aryl methyl sites for hydroxylation is 1. The Morgan fingerprint density at radius 1 is 1.39 bits per heavy atom. The lowest BCUT2D eigenvalue weighted by Gasteiger charge is -2.08. The Morgan fingerprint density at radius 2 is 2.17 bits per heavy atom. The average Bonchev–Trinajstić information content (AvgIpc) is 2.86. The van der Waals surface area contributed by atoms with E-state index in [0.29, 0.717) is 5.02 Å². The second-order valence-corrected chi connectivity index (χ2v) is 7.54. The predicted molar refractivity (Wildman–Crippen MR) is 98.4 cm³/mol. The topological polar surface area (TPSA) is 59.8 Å². The molecule has 2 aromatic rings. The van der Waals surface area contributed by atoms with E-state index in [9.17, 15) is 4.79 Å². The number of rotatable bonds is 7. The summed E-state index contributed by atoms with van der Waals surface area (Å²) in [6, 6.07) is 5.39. The molecule has 124 valence electrons. The molecule has 0 radical (unpaired) electrons. The van der Waals surface area contributed by atoms with Gasteiger partial charge in [0.15, 0.2) is 5.16 Å². The van der Waals surface area contributed by atoms with Crippen molar-refractivity contribution < 1.29 is 4.79 Å². The number of amides is 1. The van der Waals surface area contributed by atoms with E-state index in [1.54, 1.807) is 17.8 Å². The lowest BCUT2D eigenvalue weighted by molar-refractivity contribution is -0.113. The van der Waals surface area contributed by atoms with Gasteiger partial charge in [0.05, 0.1) is 11.5 Å². The van der Waals surface area contributed by atoms with Gasteiger partial charge in [-0.1, -0.05) is 30.3 Å². The molecule has 0 aliphatic heterocycles. The molecule has 0 bridgehead atoms. The molecule has 0 spiro atoms. The SMILES string of the molecule is CCSCc1nnc(SCC(=O)Nc2ccc(Cl)cc2C)n1C. The Morgan fingerprint density at radius 3 is 2.87 bits per heavy atom. The average molecular weight is 371 g/mol. The van der Waals surface area contributed by atoms with Crippen LogP contribution in [-0.2, 0) is 17.6 Å². The van der Waals surface area contributed by atoms with Crippen molar-refractivity contribution in [2.45, 2.75) is 24.8 Å². The van der Waals surface area contributed by atoms with E-state index >= 15 is 0 Å². The van der Waals surface area contributed by atoms with Crippen molar-refractivity contribution in [2.24, 2.45) is 7.05 Å². The molecular weight excluding hydrogens is 352 g/mol. The Hall–Kier alpha value is -1.18. The van der Waals surface area contributed by atoms with Gasteiger partial charge in [0.2, 0.25) is 5.91 Å². The van der Waals surface area contributed by atoms with Crippen molar-refractivity contribution in [3.8, 4) is 0 Å². The summed E-state index contributed by atoms with van der Waals surface area (Å²) in [4.78, 5) is 12.1. The molecular formula is C15H19ClN4OS2. The fourth-order valence-electron chi connectivity index (χ4n) is 1.87. The van der Waals surface area contributed by atoms with E-state index in [4.69, 9.17) is 11.6 Å². The first kappa shape index (κ1) is 18.2. The van der Waals surface area contributed by atoms with Crippen LogP contribution in [0.3, 0.4) is 0 Å². The first-order valence-electron chi connectivity index (χ1n) is 7.16. The second kappa shape index (κ2) is 8.61. The van der Waals surface area contributed by atoms with Crippen molar-refractivity contribution in [1.82, 2.24) is 14.8 Å². The minimum Gasteiger partial charge on any atom is -0.325 e. The molecule has 23 heavy (non-hydrogen) atoms. The first-order chi connectivity index (χ1) is 11.0. The summed E-state index contributed by atoms with van der Waals surface area (Å²) in [6.45, 7) is 4.02. The summed E-state index contributed by atoms with van der Waals surface area (Å²) in [5.74, 6) is 3.00. The first-order valence-corrected chi connectivity index (χ1v) is 9.68. The molecule has 0 aliphatic rings. The van der Waals surface area contributed by atoms with Crippen LogP contribution in [0, 0.1) is 6.92 Å². The van der Waals surface area contributed by atoms with Gasteiger partial charge < -0.3 is 9.88 Å². The van der Waals surface area contributed by atoms with Crippen LogP contribution in [0.4, 0.5) is 5.69 Å². The van der Waals surface area contributed by atoms with E-state index in [-0.39, 0.29) is 11.7 Å². The Kier molecular flexibility index (Phi) is 6.80. The van der Waals surface area contributed by atoms with Crippen LogP contribution in [0.2, 0.25) is 5.02 Å². The minimum atomic E-state index is -0.0760. The van der Waals surface area contributed by atoms with Gasteiger partial charge in [-0.25, -0.2) is 0 Å². The van der Waals surface area contributed by atoms with Gasteiger partial charge in [-0.15, -0.1) is 10.2 Å². The predicted octanol–water partition coefficient (Wildman–Crippen LogP) is 3.76. The molecule has 0 saturated carbocycles. The van der Waals surface area contributed by atoms with Gasteiger partial charge in [-0.3, -0.25) is 4.79 Å². The van der Waals surface area contributed by atoms with Gasteiger partial charge in [-0.05, 0) is 36.4 Å². The zero-order valence-electron chi connectivity index (χ0n) is 13.3. The van der Waals surface area contributed by atoms with Crippen molar-refractivity contribution in [3.05, 3.63) is 34.6 Å². The Balaban J connectivity index is 1.90. The van der Waals surface area contributed by atoms with Crippen LogP contribution in [0.25, 0.3) is 0 Å². The van der Waals surface area contributed by atoms with Crippen LogP contribution in [0.1, 0.15) is 18.3 Å². The molecule has 0 atom stereocenters.